The van der Waals surface area contributed by atoms with Crippen molar-refractivity contribution in [1.82, 2.24) is 14.8 Å². The third-order valence-corrected chi connectivity index (χ3v) is 5.59. The summed E-state index contributed by atoms with van der Waals surface area (Å²) in [5, 5.41) is 9.30. The molecule has 34 heavy (non-hydrogen) atoms. The van der Waals surface area contributed by atoms with Gasteiger partial charge in [-0.1, -0.05) is 18.2 Å². The van der Waals surface area contributed by atoms with Crippen LogP contribution in [0.25, 0.3) is 21.7 Å². The number of amides is 1. The van der Waals surface area contributed by atoms with Crippen molar-refractivity contribution in [2.45, 2.75) is 19.9 Å². The molecule has 1 N–H and O–H groups in total. The van der Waals surface area contributed by atoms with Crippen molar-refractivity contribution in [3.05, 3.63) is 111 Å². The Kier molecular flexibility index (Phi) is 5.47. The summed E-state index contributed by atoms with van der Waals surface area (Å²) in [5.41, 5.74) is 2.51. The van der Waals surface area contributed by atoms with Crippen LogP contribution in [0.1, 0.15) is 16.8 Å². The number of rotatable bonds is 5. The lowest BCUT2D eigenvalue weighted by atomic mass is 10.1. The molecule has 8 nitrogen and oxygen atoms in total. The lowest BCUT2D eigenvalue weighted by molar-refractivity contribution is -0.117. The minimum absolute atomic E-state index is 0.261. The van der Waals surface area contributed by atoms with Crippen LogP contribution in [0.15, 0.2) is 87.1 Å². The molecule has 0 saturated carbocycles. The van der Waals surface area contributed by atoms with Gasteiger partial charge in [0.15, 0.2) is 0 Å². The number of benzene rings is 2. The number of carbonyl (C=O) groups excluding carboxylic acids is 1. The van der Waals surface area contributed by atoms with E-state index in [0.29, 0.717) is 28.8 Å². The van der Waals surface area contributed by atoms with E-state index in [2.05, 4.69) is 15.4 Å². The first-order valence-electron chi connectivity index (χ1n) is 10.7. The maximum absolute atomic E-state index is 13.0. The van der Waals surface area contributed by atoms with Crippen LogP contribution in [-0.2, 0) is 17.8 Å². The van der Waals surface area contributed by atoms with E-state index in [1.54, 1.807) is 42.7 Å². The number of nitrogens with zero attached hydrogens (tertiary/aromatic N) is 3. The van der Waals surface area contributed by atoms with Crippen LogP contribution in [0.5, 0.6) is 0 Å². The number of hydrogen-bond acceptors (Lipinski definition) is 6. The molecule has 0 fully saturated rings. The molecule has 0 atom stereocenters. The molecule has 3 heterocycles. The SMILES string of the molecule is Cc1cc(=O)oc2cc(NC(=O)Cn3nc(Cc4ccncc4)c4ccccc4c3=O)ccc12. The van der Waals surface area contributed by atoms with E-state index < -0.39 is 11.5 Å². The molecule has 5 aromatic rings. The van der Waals surface area contributed by atoms with Crippen molar-refractivity contribution in [2.75, 3.05) is 5.32 Å². The normalized spacial score (nSPS) is 11.1. The first-order valence-corrected chi connectivity index (χ1v) is 10.7. The second-order valence-corrected chi connectivity index (χ2v) is 7.99. The van der Waals surface area contributed by atoms with Crippen LogP contribution in [0, 0.1) is 6.92 Å². The van der Waals surface area contributed by atoms with E-state index in [9.17, 15) is 14.4 Å². The Labute approximate surface area is 193 Å². The summed E-state index contributed by atoms with van der Waals surface area (Å²) in [6.45, 7) is 1.56. The molecule has 8 heteroatoms. The summed E-state index contributed by atoms with van der Waals surface area (Å²) in [6, 6.07) is 17.5. The Morgan fingerprint density at radius 2 is 1.74 bits per heavy atom. The average molecular weight is 452 g/mol. The Bertz CT molecular complexity index is 1660. The standard InChI is InChI=1S/C26H20N4O4/c1-16-12-25(32)34-23-14-18(6-7-19(16)23)28-24(31)15-30-26(33)21-5-3-2-4-20(21)22(29-30)13-17-8-10-27-11-9-17/h2-12,14H,13,15H2,1H3,(H,28,31). The van der Waals surface area contributed by atoms with Gasteiger partial charge in [-0.05, 0) is 48.4 Å². The van der Waals surface area contributed by atoms with Gasteiger partial charge in [-0.15, -0.1) is 0 Å². The van der Waals surface area contributed by atoms with Crippen LogP contribution in [0.2, 0.25) is 0 Å². The maximum Gasteiger partial charge on any atom is 0.336 e. The number of aryl methyl sites for hydroxylation is 1. The van der Waals surface area contributed by atoms with Gasteiger partial charge in [0.2, 0.25) is 5.91 Å². The van der Waals surface area contributed by atoms with Gasteiger partial charge in [0.05, 0.1) is 11.1 Å². The monoisotopic (exact) mass is 452 g/mol. The minimum Gasteiger partial charge on any atom is -0.423 e. The van der Waals surface area contributed by atoms with Gasteiger partial charge in [0.1, 0.15) is 12.1 Å². The van der Waals surface area contributed by atoms with E-state index >= 15 is 0 Å². The van der Waals surface area contributed by atoms with E-state index in [1.807, 2.05) is 31.2 Å². The number of pyridine rings is 1. The van der Waals surface area contributed by atoms with Crippen molar-refractivity contribution >= 4 is 33.3 Å². The highest BCUT2D eigenvalue weighted by atomic mass is 16.4. The van der Waals surface area contributed by atoms with Crippen molar-refractivity contribution in [2.24, 2.45) is 0 Å². The Morgan fingerprint density at radius 1 is 0.971 bits per heavy atom. The van der Waals surface area contributed by atoms with Gasteiger partial charge in [0.25, 0.3) is 5.56 Å². The molecule has 0 aliphatic heterocycles. The van der Waals surface area contributed by atoms with Crippen LogP contribution >= 0.6 is 0 Å². The zero-order valence-corrected chi connectivity index (χ0v) is 18.3. The van der Waals surface area contributed by atoms with Crippen molar-refractivity contribution < 1.29 is 9.21 Å². The van der Waals surface area contributed by atoms with Crippen molar-refractivity contribution in [3.63, 3.8) is 0 Å². The second kappa shape index (κ2) is 8.74. The quantitative estimate of drug-likeness (QED) is 0.410. The van der Waals surface area contributed by atoms with Gasteiger partial charge in [0, 0.05) is 47.4 Å². The fourth-order valence-corrected chi connectivity index (χ4v) is 3.98. The van der Waals surface area contributed by atoms with E-state index in [4.69, 9.17) is 4.42 Å². The number of fused-ring (bicyclic) bond motifs is 2. The molecule has 0 aliphatic rings. The first-order chi connectivity index (χ1) is 16.5. The minimum atomic E-state index is -0.456. The van der Waals surface area contributed by atoms with Gasteiger partial charge in [-0.25, -0.2) is 9.48 Å². The topological polar surface area (TPSA) is 107 Å². The Balaban J connectivity index is 1.46. The molecular weight excluding hydrogens is 432 g/mol. The molecule has 5 rings (SSSR count). The largest absolute Gasteiger partial charge is 0.423 e. The third kappa shape index (κ3) is 4.21. The summed E-state index contributed by atoms with van der Waals surface area (Å²) in [4.78, 5) is 41.5. The zero-order valence-electron chi connectivity index (χ0n) is 18.3. The fraction of sp³-hybridized carbons (Fsp3) is 0.115. The zero-order chi connectivity index (χ0) is 23.7. The van der Waals surface area contributed by atoms with Crippen molar-refractivity contribution in [3.8, 4) is 0 Å². The molecule has 0 spiro atoms. The van der Waals surface area contributed by atoms with Crippen LogP contribution in [-0.4, -0.2) is 20.7 Å². The first kappa shape index (κ1) is 21.3. The fourth-order valence-electron chi connectivity index (χ4n) is 3.98. The molecule has 0 bridgehead atoms. The molecule has 2 aromatic carbocycles. The van der Waals surface area contributed by atoms with Gasteiger partial charge in [-0.2, -0.15) is 5.10 Å². The number of hydrogen-bond donors (Lipinski definition) is 1. The summed E-state index contributed by atoms with van der Waals surface area (Å²) in [7, 11) is 0. The molecule has 0 radical (unpaired) electrons. The molecule has 3 aromatic heterocycles. The summed E-state index contributed by atoms with van der Waals surface area (Å²) >= 11 is 0. The third-order valence-electron chi connectivity index (χ3n) is 5.59. The maximum atomic E-state index is 13.0. The summed E-state index contributed by atoms with van der Waals surface area (Å²) in [6.07, 6.45) is 3.90. The molecular formula is C26H20N4O4. The molecule has 1 amide bonds. The molecule has 0 unspecified atom stereocenters. The summed E-state index contributed by atoms with van der Waals surface area (Å²) in [5.74, 6) is -0.422. The summed E-state index contributed by atoms with van der Waals surface area (Å²) < 4.78 is 6.42. The Hall–Kier alpha value is -4.59. The van der Waals surface area contributed by atoms with Gasteiger partial charge < -0.3 is 9.73 Å². The number of anilines is 1. The van der Waals surface area contributed by atoms with Crippen LogP contribution in [0.3, 0.4) is 0 Å². The molecule has 0 saturated heterocycles. The molecule has 168 valence electrons. The van der Waals surface area contributed by atoms with E-state index in [0.717, 1.165) is 21.9 Å². The molecule has 0 aliphatic carbocycles. The number of aromatic nitrogens is 3. The van der Waals surface area contributed by atoms with Gasteiger partial charge >= 0.3 is 5.63 Å². The van der Waals surface area contributed by atoms with Crippen LogP contribution < -0.4 is 16.5 Å². The predicted molar refractivity (Wildman–Crippen MR) is 129 cm³/mol. The smallest absolute Gasteiger partial charge is 0.336 e. The highest BCUT2D eigenvalue weighted by molar-refractivity contribution is 5.93. The van der Waals surface area contributed by atoms with Crippen LogP contribution in [0.4, 0.5) is 5.69 Å². The second-order valence-electron chi connectivity index (χ2n) is 7.99. The number of carbonyl (C=O) groups is 1. The van der Waals surface area contributed by atoms with Gasteiger partial charge in [-0.3, -0.25) is 14.6 Å². The predicted octanol–water partition coefficient (Wildman–Crippen LogP) is 3.44. The highest BCUT2D eigenvalue weighted by Crippen LogP contribution is 2.21. The Morgan fingerprint density at radius 3 is 2.53 bits per heavy atom. The van der Waals surface area contributed by atoms with E-state index in [1.165, 1.54) is 10.7 Å². The number of nitrogens with one attached hydrogen (secondary N) is 1. The van der Waals surface area contributed by atoms with E-state index in [-0.39, 0.29) is 12.1 Å². The highest BCUT2D eigenvalue weighted by Gasteiger charge is 2.14. The van der Waals surface area contributed by atoms with Crippen molar-refractivity contribution in [1.29, 1.82) is 0 Å². The lowest BCUT2D eigenvalue weighted by Crippen LogP contribution is -2.30. The average Bonchev–Trinajstić information content (AvgIpc) is 2.82. The lowest BCUT2D eigenvalue weighted by Gasteiger charge is -2.12.